The van der Waals surface area contributed by atoms with Gasteiger partial charge in [-0.05, 0) is 27.7 Å². The molecule has 0 aliphatic carbocycles. The molecule has 0 bridgehead atoms. The first-order valence-electron chi connectivity index (χ1n) is 5.32. The van der Waals surface area contributed by atoms with Crippen LogP contribution in [0.15, 0.2) is 5.10 Å². The second kappa shape index (κ2) is 3.93. The second-order valence-electron chi connectivity index (χ2n) is 5.59. The Morgan fingerprint density at radius 3 is 2.13 bits per heavy atom. The zero-order chi connectivity index (χ0) is 11.7. The van der Waals surface area contributed by atoms with Crippen LogP contribution >= 0.6 is 0 Å². The van der Waals surface area contributed by atoms with E-state index in [-0.39, 0.29) is 17.0 Å². The normalized spacial score (nSPS) is 23.4. The number of carbonyl (C=O) groups is 1. The molecule has 2 N–H and O–H groups in total. The molecule has 4 heteroatoms. The third-order valence-electron chi connectivity index (χ3n) is 2.34. The number of nitrogens with one attached hydrogen (secondary N) is 2. The Hall–Kier alpha value is -0.900. The lowest BCUT2D eigenvalue weighted by molar-refractivity contribution is -0.118. The molecule has 1 saturated heterocycles. The van der Waals surface area contributed by atoms with Crippen molar-refractivity contribution in [3.63, 3.8) is 0 Å². The van der Waals surface area contributed by atoms with Crippen molar-refractivity contribution in [2.75, 3.05) is 0 Å². The molecular formula is C11H21N3O. The molecule has 0 radical (unpaired) electrons. The monoisotopic (exact) mass is 211 g/mol. The standard InChI is InChI=1S/C11H21N3O/c1-8(15)12-13-9-6-10(2,3)14-11(4,5)7-9/h14H,6-7H2,1-5H3,(H,12,15). The average molecular weight is 211 g/mol. The summed E-state index contributed by atoms with van der Waals surface area (Å²) in [4.78, 5) is 10.8. The second-order valence-corrected chi connectivity index (χ2v) is 5.59. The summed E-state index contributed by atoms with van der Waals surface area (Å²) in [6, 6.07) is 0. The molecule has 0 aromatic carbocycles. The number of piperidine rings is 1. The highest BCUT2D eigenvalue weighted by atomic mass is 16.2. The van der Waals surface area contributed by atoms with E-state index in [1.54, 1.807) is 0 Å². The predicted molar refractivity (Wildman–Crippen MR) is 61.8 cm³/mol. The van der Waals surface area contributed by atoms with Gasteiger partial charge >= 0.3 is 0 Å². The molecule has 0 aromatic rings. The third-order valence-corrected chi connectivity index (χ3v) is 2.34. The summed E-state index contributed by atoms with van der Waals surface area (Å²) >= 11 is 0. The van der Waals surface area contributed by atoms with Gasteiger partial charge in [0.2, 0.25) is 5.91 Å². The minimum atomic E-state index is -0.114. The van der Waals surface area contributed by atoms with Gasteiger partial charge in [0.25, 0.3) is 0 Å². The van der Waals surface area contributed by atoms with Gasteiger partial charge in [-0.3, -0.25) is 4.79 Å². The molecule has 4 nitrogen and oxygen atoms in total. The zero-order valence-corrected chi connectivity index (χ0v) is 10.3. The summed E-state index contributed by atoms with van der Waals surface area (Å²) in [5.74, 6) is -0.114. The Kier molecular flexibility index (Phi) is 3.19. The van der Waals surface area contributed by atoms with Gasteiger partial charge in [0, 0.05) is 36.6 Å². The molecule has 1 amide bonds. The Bertz CT molecular complexity index is 274. The van der Waals surface area contributed by atoms with Crippen molar-refractivity contribution in [2.24, 2.45) is 5.10 Å². The fourth-order valence-corrected chi connectivity index (χ4v) is 2.32. The van der Waals surface area contributed by atoms with Crippen LogP contribution in [0.25, 0.3) is 0 Å². The van der Waals surface area contributed by atoms with Gasteiger partial charge < -0.3 is 5.32 Å². The number of rotatable bonds is 1. The Labute approximate surface area is 91.5 Å². The van der Waals surface area contributed by atoms with Gasteiger partial charge in [-0.25, -0.2) is 5.43 Å². The first kappa shape index (κ1) is 12.2. The van der Waals surface area contributed by atoms with E-state index in [0.717, 1.165) is 18.6 Å². The molecule has 1 aliphatic rings. The fourth-order valence-electron chi connectivity index (χ4n) is 2.32. The first-order valence-corrected chi connectivity index (χ1v) is 5.32. The van der Waals surface area contributed by atoms with E-state index in [4.69, 9.17) is 0 Å². The highest BCUT2D eigenvalue weighted by Crippen LogP contribution is 2.26. The van der Waals surface area contributed by atoms with Crippen LogP contribution in [0, 0.1) is 0 Å². The van der Waals surface area contributed by atoms with Crippen LogP contribution in [0.5, 0.6) is 0 Å². The Morgan fingerprint density at radius 1 is 1.27 bits per heavy atom. The predicted octanol–water partition coefficient (Wildman–Crippen LogP) is 1.42. The maximum absolute atomic E-state index is 10.8. The van der Waals surface area contributed by atoms with Gasteiger partial charge in [-0.15, -0.1) is 0 Å². The maximum atomic E-state index is 10.8. The molecule has 15 heavy (non-hydrogen) atoms. The largest absolute Gasteiger partial charge is 0.306 e. The smallest absolute Gasteiger partial charge is 0.236 e. The Balaban J connectivity index is 2.75. The van der Waals surface area contributed by atoms with E-state index in [0.29, 0.717) is 0 Å². The minimum Gasteiger partial charge on any atom is -0.306 e. The van der Waals surface area contributed by atoms with Crippen molar-refractivity contribution in [3.8, 4) is 0 Å². The zero-order valence-electron chi connectivity index (χ0n) is 10.3. The summed E-state index contributed by atoms with van der Waals surface area (Å²) < 4.78 is 0. The molecule has 86 valence electrons. The first-order chi connectivity index (χ1) is 6.70. The summed E-state index contributed by atoms with van der Waals surface area (Å²) in [6.07, 6.45) is 1.74. The number of hydrogen-bond donors (Lipinski definition) is 2. The van der Waals surface area contributed by atoms with Crippen LogP contribution in [-0.4, -0.2) is 22.7 Å². The van der Waals surface area contributed by atoms with Gasteiger partial charge in [-0.1, -0.05) is 0 Å². The van der Waals surface area contributed by atoms with Gasteiger partial charge in [0.05, 0.1) is 0 Å². The lowest BCUT2D eigenvalue weighted by Gasteiger charge is -2.43. The minimum absolute atomic E-state index is 0.0407. The summed E-state index contributed by atoms with van der Waals surface area (Å²) in [6.45, 7) is 10.1. The van der Waals surface area contributed by atoms with E-state index in [1.165, 1.54) is 6.92 Å². The van der Waals surface area contributed by atoms with E-state index in [2.05, 4.69) is 43.5 Å². The van der Waals surface area contributed by atoms with E-state index >= 15 is 0 Å². The average Bonchev–Trinajstić information content (AvgIpc) is 1.94. The summed E-state index contributed by atoms with van der Waals surface area (Å²) in [5.41, 5.74) is 3.65. The van der Waals surface area contributed by atoms with E-state index in [1.807, 2.05) is 0 Å². The molecule has 0 atom stereocenters. The third kappa shape index (κ3) is 4.00. The van der Waals surface area contributed by atoms with Crippen molar-refractivity contribution in [1.29, 1.82) is 0 Å². The molecule has 0 aromatic heterocycles. The van der Waals surface area contributed by atoms with Crippen LogP contribution in [-0.2, 0) is 4.79 Å². The van der Waals surface area contributed by atoms with Crippen LogP contribution in [0.2, 0.25) is 0 Å². The van der Waals surface area contributed by atoms with Crippen LogP contribution in [0.3, 0.4) is 0 Å². The molecule has 1 heterocycles. The van der Waals surface area contributed by atoms with Gasteiger partial charge in [-0.2, -0.15) is 5.10 Å². The molecular weight excluding hydrogens is 190 g/mol. The van der Waals surface area contributed by atoms with Crippen LogP contribution in [0.4, 0.5) is 0 Å². The van der Waals surface area contributed by atoms with Crippen molar-refractivity contribution in [1.82, 2.24) is 10.7 Å². The number of hydrogen-bond acceptors (Lipinski definition) is 3. The highest BCUT2D eigenvalue weighted by Gasteiger charge is 2.35. The number of hydrazone groups is 1. The summed E-state index contributed by atoms with van der Waals surface area (Å²) in [7, 11) is 0. The van der Waals surface area contributed by atoms with Crippen LogP contribution in [0.1, 0.15) is 47.5 Å². The number of nitrogens with zero attached hydrogens (tertiary/aromatic N) is 1. The molecule has 1 fully saturated rings. The van der Waals surface area contributed by atoms with Crippen molar-refractivity contribution < 1.29 is 4.79 Å². The Morgan fingerprint density at radius 2 is 1.73 bits per heavy atom. The quantitative estimate of drug-likeness (QED) is 0.644. The van der Waals surface area contributed by atoms with Crippen molar-refractivity contribution in [2.45, 2.75) is 58.5 Å². The summed E-state index contributed by atoms with van der Waals surface area (Å²) in [5, 5.41) is 7.71. The fraction of sp³-hybridized carbons (Fsp3) is 0.818. The van der Waals surface area contributed by atoms with Gasteiger partial charge in [0.15, 0.2) is 0 Å². The maximum Gasteiger partial charge on any atom is 0.236 e. The van der Waals surface area contributed by atoms with E-state index in [9.17, 15) is 4.79 Å². The van der Waals surface area contributed by atoms with Gasteiger partial charge in [0.1, 0.15) is 0 Å². The lowest BCUT2D eigenvalue weighted by Crippen LogP contribution is -2.58. The number of amides is 1. The van der Waals surface area contributed by atoms with Crippen molar-refractivity contribution in [3.05, 3.63) is 0 Å². The molecule has 1 aliphatic heterocycles. The molecule has 1 rings (SSSR count). The topological polar surface area (TPSA) is 53.5 Å². The van der Waals surface area contributed by atoms with E-state index < -0.39 is 0 Å². The highest BCUT2D eigenvalue weighted by molar-refractivity contribution is 5.88. The molecule has 0 saturated carbocycles. The number of carbonyl (C=O) groups excluding carboxylic acids is 1. The molecule has 0 unspecified atom stereocenters. The van der Waals surface area contributed by atoms with Crippen LogP contribution < -0.4 is 10.7 Å². The van der Waals surface area contributed by atoms with Crippen molar-refractivity contribution >= 4 is 11.6 Å². The SMILES string of the molecule is CC(=O)NN=C1CC(C)(C)NC(C)(C)C1. The molecule has 0 spiro atoms. The lowest BCUT2D eigenvalue weighted by atomic mass is 9.81.